The van der Waals surface area contributed by atoms with E-state index in [0.717, 1.165) is 23.1 Å². The summed E-state index contributed by atoms with van der Waals surface area (Å²) in [6.07, 6.45) is 0.909. The number of benzene rings is 3. The fourth-order valence-corrected chi connectivity index (χ4v) is 4.68. The second-order valence-electron chi connectivity index (χ2n) is 9.03. The predicted octanol–water partition coefficient (Wildman–Crippen LogP) is 5.58. The van der Waals surface area contributed by atoms with Gasteiger partial charge in [0.25, 0.3) is 5.95 Å². The first kappa shape index (κ1) is 24.6. The summed E-state index contributed by atoms with van der Waals surface area (Å²) in [6, 6.07) is 21.6. The number of nitrogens with one attached hydrogen (secondary N) is 2. The van der Waals surface area contributed by atoms with Gasteiger partial charge in [-0.1, -0.05) is 59.6 Å². The van der Waals surface area contributed by atoms with E-state index in [-0.39, 0.29) is 30.4 Å². The minimum atomic E-state index is -0.226. The highest BCUT2D eigenvalue weighted by molar-refractivity contribution is 6.30. The summed E-state index contributed by atoms with van der Waals surface area (Å²) in [4.78, 5) is 17.5. The zero-order valence-electron chi connectivity index (χ0n) is 20.9. The van der Waals surface area contributed by atoms with E-state index in [2.05, 4.69) is 51.9 Å². The van der Waals surface area contributed by atoms with Crippen molar-refractivity contribution in [3.63, 3.8) is 0 Å². The molecule has 0 radical (unpaired) electrons. The number of fused-ring (bicyclic) bond motifs is 1. The van der Waals surface area contributed by atoms with Crippen LogP contribution in [-0.4, -0.2) is 34.9 Å². The van der Waals surface area contributed by atoms with Gasteiger partial charge in [0.1, 0.15) is 0 Å². The van der Waals surface area contributed by atoms with Crippen molar-refractivity contribution in [3.8, 4) is 11.5 Å². The Morgan fingerprint density at radius 1 is 1.03 bits per heavy atom. The van der Waals surface area contributed by atoms with E-state index in [1.807, 2.05) is 35.0 Å². The summed E-state index contributed by atoms with van der Waals surface area (Å²) in [5.74, 6) is 1.80. The van der Waals surface area contributed by atoms with Gasteiger partial charge in [0.2, 0.25) is 11.9 Å². The largest absolute Gasteiger partial charge is 0.493 e. The highest BCUT2D eigenvalue weighted by atomic mass is 35.5. The van der Waals surface area contributed by atoms with E-state index in [4.69, 9.17) is 21.1 Å². The third kappa shape index (κ3) is 5.39. The molecule has 3 aromatic carbocycles. The molecule has 2 heterocycles. The van der Waals surface area contributed by atoms with Crippen LogP contribution in [0.3, 0.4) is 0 Å². The highest BCUT2D eigenvalue weighted by Gasteiger charge is 2.31. The third-order valence-electron chi connectivity index (χ3n) is 6.49. The standard InChI is InChI=1S/C28H28ClN5O3/c1-17-4-7-20(8-5-17)23-16-22(19-9-11-21(29)12-10-19)30-28-32-27(33-34(23)28)31-26(35)15-18-6-13-24(36-2)25(14-18)37-3/h4-14,22-23H,15-16H2,1-3H3,(H2,30,31,32,33,35)/t22-,23+/m1/s1. The molecular weight excluding hydrogens is 490 g/mol. The van der Waals surface area contributed by atoms with Gasteiger partial charge >= 0.3 is 0 Å². The van der Waals surface area contributed by atoms with Gasteiger partial charge in [-0.2, -0.15) is 4.98 Å². The molecule has 190 valence electrons. The van der Waals surface area contributed by atoms with E-state index in [0.29, 0.717) is 22.5 Å². The molecule has 4 aromatic rings. The molecule has 5 rings (SSSR count). The molecule has 0 saturated carbocycles. The van der Waals surface area contributed by atoms with Crippen LogP contribution in [0.2, 0.25) is 5.02 Å². The van der Waals surface area contributed by atoms with Gasteiger partial charge in [-0.15, -0.1) is 5.10 Å². The SMILES string of the molecule is COc1ccc(CC(=O)Nc2nc3n(n2)[C@H](c2ccc(C)cc2)C[C@H](c2ccc(Cl)cc2)N3)cc1OC. The van der Waals surface area contributed by atoms with Gasteiger partial charge in [-0.05, 0) is 54.3 Å². The van der Waals surface area contributed by atoms with Crippen molar-refractivity contribution in [1.82, 2.24) is 14.8 Å². The first-order valence-corrected chi connectivity index (χ1v) is 12.4. The number of rotatable bonds is 7. The number of methoxy groups -OCH3 is 2. The van der Waals surface area contributed by atoms with Crippen LogP contribution in [0.15, 0.2) is 66.7 Å². The van der Waals surface area contributed by atoms with Gasteiger partial charge in [0.05, 0.1) is 32.7 Å². The number of ether oxygens (including phenoxy) is 2. The van der Waals surface area contributed by atoms with E-state index in [9.17, 15) is 4.79 Å². The van der Waals surface area contributed by atoms with Gasteiger partial charge in [0.15, 0.2) is 11.5 Å². The summed E-state index contributed by atoms with van der Waals surface area (Å²) in [7, 11) is 3.14. The van der Waals surface area contributed by atoms with E-state index < -0.39 is 0 Å². The summed E-state index contributed by atoms with van der Waals surface area (Å²) >= 11 is 6.11. The summed E-state index contributed by atoms with van der Waals surface area (Å²) in [5.41, 5.74) is 4.21. The lowest BCUT2D eigenvalue weighted by Gasteiger charge is -2.31. The molecule has 0 fully saturated rings. The quantitative estimate of drug-likeness (QED) is 0.332. The van der Waals surface area contributed by atoms with Crippen LogP contribution >= 0.6 is 11.6 Å². The maximum Gasteiger partial charge on any atom is 0.250 e. The molecule has 1 aromatic heterocycles. The number of carbonyl (C=O) groups excluding carboxylic acids is 1. The number of carbonyl (C=O) groups is 1. The molecule has 0 aliphatic carbocycles. The van der Waals surface area contributed by atoms with Crippen molar-refractivity contribution < 1.29 is 14.3 Å². The monoisotopic (exact) mass is 517 g/mol. The number of nitrogens with zero attached hydrogens (tertiary/aromatic N) is 3. The van der Waals surface area contributed by atoms with Gasteiger partial charge < -0.3 is 14.8 Å². The minimum Gasteiger partial charge on any atom is -0.493 e. The number of amides is 1. The van der Waals surface area contributed by atoms with Crippen LogP contribution in [-0.2, 0) is 11.2 Å². The van der Waals surface area contributed by atoms with Gasteiger partial charge in [-0.25, -0.2) is 4.68 Å². The molecule has 1 aliphatic heterocycles. The maximum absolute atomic E-state index is 12.9. The molecule has 1 aliphatic rings. The zero-order chi connectivity index (χ0) is 25.9. The fourth-order valence-electron chi connectivity index (χ4n) is 4.56. The van der Waals surface area contributed by atoms with Crippen molar-refractivity contribution in [2.75, 3.05) is 24.9 Å². The van der Waals surface area contributed by atoms with Crippen LogP contribution in [0, 0.1) is 6.92 Å². The Bertz CT molecular complexity index is 1400. The van der Waals surface area contributed by atoms with E-state index >= 15 is 0 Å². The number of hydrogen-bond acceptors (Lipinski definition) is 6. The molecule has 0 unspecified atom stereocenters. The second kappa shape index (κ2) is 10.5. The molecule has 0 spiro atoms. The Labute approximate surface area is 220 Å². The topological polar surface area (TPSA) is 90.3 Å². The van der Waals surface area contributed by atoms with Crippen LogP contribution < -0.4 is 20.1 Å². The van der Waals surface area contributed by atoms with Crippen LogP contribution in [0.25, 0.3) is 0 Å². The smallest absolute Gasteiger partial charge is 0.250 e. The van der Waals surface area contributed by atoms with Crippen molar-refractivity contribution in [2.24, 2.45) is 0 Å². The summed E-state index contributed by atoms with van der Waals surface area (Å²) < 4.78 is 12.5. The molecule has 0 bridgehead atoms. The lowest BCUT2D eigenvalue weighted by Crippen LogP contribution is -2.28. The average molecular weight is 518 g/mol. The van der Waals surface area contributed by atoms with Gasteiger partial charge in [-0.3, -0.25) is 10.1 Å². The Balaban J connectivity index is 1.39. The number of hydrogen-bond donors (Lipinski definition) is 2. The maximum atomic E-state index is 12.9. The first-order chi connectivity index (χ1) is 17.9. The van der Waals surface area contributed by atoms with Crippen LogP contribution in [0.1, 0.15) is 40.8 Å². The molecular formula is C28H28ClN5O3. The van der Waals surface area contributed by atoms with E-state index in [1.54, 1.807) is 26.4 Å². The number of halogens is 1. The lowest BCUT2D eigenvalue weighted by molar-refractivity contribution is -0.115. The molecule has 1 amide bonds. The Morgan fingerprint density at radius 2 is 1.73 bits per heavy atom. The summed E-state index contributed by atoms with van der Waals surface area (Å²) in [6.45, 7) is 2.07. The molecule has 8 nitrogen and oxygen atoms in total. The second-order valence-corrected chi connectivity index (χ2v) is 9.46. The Hall–Kier alpha value is -4.04. The van der Waals surface area contributed by atoms with Crippen molar-refractivity contribution >= 4 is 29.4 Å². The number of anilines is 2. The van der Waals surface area contributed by atoms with Crippen LogP contribution in [0.5, 0.6) is 11.5 Å². The predicted molar refractivity (Wildman–Crippen MR) is 144 cm³/mol. The minimum absolute atomic E-state index is 0.00980. The van der Waals surface area contributed by atoms with Crippen LogP contribution in [0.4, 0.5) is 11.9 Å². The Morgan fingerprint density at radius 3 is 2.43 bits per heavy atom. The average Bonchev–Trinajstić information content (AvgIpc) is 3.31. The number of aryl methyl sites for hydroxylation is 1. The fraction of sp³-hybridized carbons (Fsp3) is 0.250. The number of aromatic nitrogens is 3. The van der Waals surface area contributed by atoms with Crippen molar-refractivity contribution in [1.29, 1.82) is 0 Å². The van der Waals surface area contributed by atoms with E-state index in [1.165, 1.54) is 5.56 Å². The lowest BCUT2D eigenvalue weighted by atomic mass is 9.93. The highest BCUT2D eigenvalue weighted by Crippen LogP contribution is 2.38. The first-order valence-electron chi connectivity index (χ1n) is 12.0. The van der Waals surface area contributed by atoms with Crippen molar-refractivity contribution in [2.45, 2.75) is 31.8 Å². The molecule has 2 N–H and O–H groups in total. The third-order valence-corrected chi connectivity index (χ3v) is 6.74. The molecule has 2 atom stereocenters. The van der Waals surface area contributed by atoms with Gasteiger partial charge in [0, 0.05) is 5.02 Å². The molecule has 37 heavy (non-hydrogen) atoms. The van der Waals surface area contributed by atoms with Crippen molar-refractivity contribution in [3.05, 3.63) is 94.0 Å². The normalized spacial score (nSPS) is 16.4. The summed E-state index contributed by atoms with van der Waals surface area (Å²) in [5, 5.41) is 11.7. The molecule has 0 saturated heterocycles. The zero-order valence-corrected chi connectivity index (χ0v) is 21.6. The Kier molecular flexibility index (Phi) is 7.01. The molecule has 9 heteroatoms.